The first-order chi connectivity index (χ1) is 6.77. The van der Waals surface area contributed by atoms with Crippen molar-refractivity contribution in [2.45, 2.75) is 44.6 Å². The average molecular weight is 190 g/mol. The van der Waals surface area contributed by atoms with Crippen LogP contribution in [-0.2, 0) is 0 Å². The highest BCUT2D eigenvalue weighted by Gasteiger charge is 2.21. The Kier molecular flexibility index (Phi) is 2.82. The summed E-state index contributed by atoms with van der Waals surface area (Å²) in [6.45, 7) is 2.16. The molecule has 0 aromatic carbocycles. The van der Waals surface area contributed by atoms with Crippen LogP contribution >= 0.6 is 0 Å². The summed E-state index contributed by atoms with van der Waals surface area (Å²) < 4.78 is 0. The van der Waals surface area contributed by atoms with E-state index >= 15 is 0 Å². The van der Waals surface area contributed by atoms with Gasteiger partial charge in [-0.15, -0.1) is 0 Å². The van der Waals surface area contributed by atoms with E-state index in [1.807, 2.05) is 12.4 Å². The molecule has 2 N–H and O–H groups in total. The third-order valence-corrected chi connectivity index (χ3v) is 3.23. The van der Waals surface area contributed by atoms with Gasteiger partial charge in [-0.1, -0.05) is 6.42 Å². The fourth-order valence-electron chi connectivity index (χ4n) is 2.41. The highest BCUT2D eigenvalue weighted by Crippen LogP contribution is 2.33. The normalized spacial score (nSPS) is 27.6. The zero-order valence-electron chi connectivity index (χ0n) is 8.74. The lowest BCUT2D eigenvalue weighted by molar-refractivity contribution is 0.392. The summed E-state index contributed by atoms with van der Waals surface area (Å²) in [7, 11) is 0. The van der Waals surface area contributed by atoms with Crippen LogP contribution in [0, 0.1) is 6.92 Å². The zero-order valence-corrected chi connectivity index (χ0v) is 8.74. The summed E-state index contributed by atoms with van der Waals surface area (Å²) in [5.74, 6) is 0.646. The Bertz CT molecular complexity index is 309. The maximum atomic E-state index is 5.99. The highest BCUT2D eigenvalue weighted by molar-refractivity contribution is 5.26. The summed E-state index contributed by atoms with van der Waals surface area (Å²) in [4.78, 5) is 4.20. The Morgan fingerprint density at radius 2 is 2.29 bits per heavy atom. The first-order valence-corrected chi connectivity index (χ1v) is 5.43. The molecule has 2 nitrogen and oxygen atoms in total. The number of aromatic nitrogens is 1. The number of hydrogen-bond acceptors (Lipinski definition) is 2. The zero-order chi connectivity index (χ0) is 9.97. The highest BCUT2D eigenvalue weighted by atomic mass is 14.6. The van der Waals surface area contributed by atoms with E-state index in [2.05, 4.69) is 18.0 Å². The largest absolute Gasteiger partial charge is 0.328 e. The number of aryl methyl sites for hydroxylation is 1. The van der Waals surface area contributed by atoms with Gasteiger partial charge in [0.2, 0.25) is 0 Å². The van der Waals surface area contributed by atoms with E-state index in [9.17, 15) is 0 Å². The Balaban J connectivity index is 2.18. The lowest BCUT2D eigenvalue weighted by Crippen LogP contribution is -2.27. The number of hydrogen-bond donors (Lipinski definition) is 1. The predicted octanol–water partition coefficient (Wildman–Crippen LogP) is 2.37. The van der Waals surface area contributed by atoms with Crippen molar-refractivity contribution in [3.8, 4) is 0 Å². The van der Waals surface area contributed by atoms with Crippen LogP contribution in [0.15, 0.2) is 18.5 Å². The minimum atomic E-state index is 0.397. The van der Waals surface area contributed by atoms with Crippen LogP contribution in [0.1, 0.15) is 42.7 Å². The molecule has 1 heterocycles. The Hall–Kier alpha value is -0.890. The summed E-state index contributed by atoms with van der Waals surface area (Å²) in [5, 5.41) is 0. The van der Waals surface area contributed by atoms with Crippen molar-refractivity contribution in [3.05, 3.63) is 29.6 Å². The molecule has 0 spiro atoms. The molecule has 14 heavy (non-hydrogen) atoms. The molecule has 0 aliphatic heterocycles. The van der Waals surface area contributed by atoms with Crippen molar-refractivity contribution in [1.82, 2.24) is 4.98 Å². The Labute approximate surface area is 85.5 Å². The second-order valence-electron chi connectivity index (χ2n) is 4.36. The molecule has 1 aromatic rings. The number of pyridine rings is 1. The first-order valence-electron chi connectivity index (χ1n) is 5.43. The maximum Gasteiger partial charge on any atom is 0.0305 e. The van der Waals surface area contributed by atoms with Gasteiger partial charge in [-0.25, -0.2) is 0 Å². The van der Waals surface area contributed by atoms with Crippen LogP contribution in [0.25, 0.3) is 0 Å². The smallest absolute Gasteiger partial charge is 0.0305 e. The van der Waals surface area contributed by atoms with Crippen molar-refractivity contribution in [3.63, 3.8) is 0 Å². The fourth-order valence-corrected chi connectivity index (χ4v) is 2.41. The molecule has 0 saturated heterocycles. The molecule has 1 aliphatic rings. The van der Waals surface area contributed by atoms with Crippen LogP contribution in [0.5, 0.6) is 0 Å². The Morgan fingerprint density at radius 3 is 3.00 bits per heavy atom. The molecular weight excluding hydrogens is 172 g/mol. The van der Waals surface area contributed by atoms with Crippen molar-refractivity contribution >= 4 is 0 Å². The molecule has 0 radical (unpaired) electrons. The molecular formula is C12H18N2. The summed E-state index contributed by atoms with van der Waals surface area (Å²) in [5.41, 5.74) is 8.76. The third kappa shape index (κ3) is 1.95. The lowest BCUT2D eigenvalue weighted by Gasteiger charge is -2.27. The standard InChI is InChI=1S/C12H18N2/c1-9-5-6-14-8-12(9)10-3-2-4-11(13)7-10/h5-6,8,10-11H,2-4,7,13H2,1H3. The van der Waals surface area contributed by atoms with E-state index in [-0.39, 0.29) is 0 Å². The topological polar surface area (TPSA) is 38.9 Å². The van der Waals surface area contributed by atoms with Crippen molar-refractivity contribution in [2.24, 2.45) is 5.73 Å². The SMILES string of the molecule is Cc1ccncc1C1CCCC(N)C1. The summed E-state index contributed by atoms with van der Waals surface area (Å²) in [6.07, 6.45) is 8.74. The van der Waals surface area contributed by atoms with E-state index in [4.69, 9.17) is 5.73 Å². The molecule has 2 heteroatoms. The van der Waals surface area contributed by atoms with E-state index in [0.29, 0.717) is 12.0 Å². The molecule has 0 bridgehead atoms. The molecule has 2 atom stereocenters. The number of nitrogens with zero attached hydrogens (tertiary/aromatic N) is 1. The van der Waals surface area contributed by atoms with E-state index in [1.54, 1.807) is 0 Å². The molecule has 0 amide bonds. The molecule has 1 saturated carbocycles. The van der Waals surface area contributed by atoms with Crippen LogP contribution in [0.3, 0.4) is 0 Å². The maximum absolute atomic E-state index is 5.99. The molecule has 76 valence electrons. The van der Waals surface area contributed by atoms with Crippen LogP contribution in [0.2, 0.25) is 0 Å². The van der Waals surface area contributed by atoms with Gasteiger partial charge in [-0.2, -0.15) is 0 Å². The van der Waals surface area contributed by atoms with E-state index in [0.717, 1.165) is 6.42 Å². The van der Waals surface area contributed by atoms with Crippen molar-refractivity contribution < 1.29 is 0 Å². The summed E-state index contributed by atoms with van der Waals surface area (Å²) in [6, 6.07) is 2.49. The van der Waals surface area contributed by atoms with Gasteiger partial charge in [0.1, 0.15) is 0 Å². The monoisotopic (exact) mass is 190 g/mol. The average Bonchev–Trinajstić information content (AvgIpc) is 2.18. The minimum Gasteiger partial charge on any atom is -0.328 e. The van der Waals surface area contributed by atoms with Gasteiger partial charge in [-0.3, -0.25) is 4.98 Å². The second kappa shape index (κ2) is 4.09. The summed E-state index contributed by atoms with van der Waals surface area (Å²) >= 11 is 0. The number of rotatable bonds is 1. The first kappa shape index (κ1) is 9.66. The molecule has 1 aliphatic carbocycles. The molecule has 2 rings (SSSR count). The molecule has 2 unspecified atom stereocenters. The van der Waals surface area contributed by atoms with Crippen molar-refractivity contribution in [2.75, 3.05) is 0 Å². The van der Waals surface area contributed by atoms with Crippen LogP contribution in [0.4, 0.5) is 0 Å². The molecule has 1 fully saturated rings. The van der Waals surface area contributed by atoms with Gasteiger partial charge >= 0.3 is 0 Å². The quantitative estimate of drug-likeness (QED) is 0.738. The van der Waals surface area contributed by atoms with Gasteiger partial charge in [0.05, 0.1) is 0 Å². The predicted molar refractivity (Wildman–Crippen MR) is 58.2 cm³/mol. The van der Waals surface area contributed by atoms with Gasteiger partial charge < -0.3 is 5.73 Å². The van der Waals surface area contributed by atoms with Crippen molar-refractivity contribution in [1.29, 1.82) is 0 Å². The van der Waals surface area contributed by atoms with Gasteiger partial charge in [-0.05, 0) is 49.3 Å². The second-order valence-corrected chi connectivity index (χ2v) is 4.36. The fraction of sp³-hybridized carbons (Fsp3) is 0.583. The van der Waals surface area contributed by atoms with Crippen LogP contribution in [-0.4, -0.2) is 11.0 Å². The third-order valence-electron chi connectivity index (χ3n) is 3.23. The van der Waals surface area contributed by atoms with Crippen LogP contribution < -0.4 is 5.73 Å². The van der Waals surface area contributed by atoms with Gasteiger partial charge in [0, 0.05) is 18.4 Å². The lowest BCUT2D eigenvalue weighted by atomic mass is 9.81. The minimum absolute atomic E-state index is 0.397. The Morgan fingerprint density at radius 1 is 1.43 bits per heavy atom. The molecule has 1 aromatic heterocycles. The van der Waals surface area contributed by atoms with E-state index < -0.39 is 0 Å². The van der Waals surface area contributed by atoms with E-state index in [1.165, 1.54) is 30.4 Å². The van der Waals surface area contributed by atoms with Gasteiger partial charge in [0.15, 0.2) is 0 Å². The van der Waals surface area contributed by atoms with Gasteiger partial charge in [0.25, 0.3) is 0 Å². The number of nitrogens with two attached hydrogens (primary N) is 1.